The Balaban J connectivity index is 1.44. The van der Waals surface area contributed by atoms with Crippen molar-refractivity contribution in [3.63, 3.8) is 0 Å². The summed E-state index contributed by atoms with van der Waals surface area (Å²) in [5.74, 6) is 0.302. The van der Waals surface area contributed by atoms with Gasteiger partial charge in [-0.05, 0) is 96.4 Å². The molecule has 0 bridgehead atoms. The van der Waals surface area contributed by atoms with Crippen LogP contribution in [0.25, 0.3) is 0 Å². The van der Waals surface area contributed by atoms with Gasteiger partial charge in [0.15, 0.2) is 0 Å². The molecule has 0 N–H and O–H groups in total. The number of hydrogen-bond acceptors (Lipinski definition) is 4. The van der Waals surface area contributed by atoms with Crippen molar-refractivity contribution < 1.29 is 14.1 Å². The number of hydrogen-bond donors (Lipinski definition) is 0. The van der Waals surface area contributed by atoms with Crippen LogP contribution in [-0.4, -0.2) is 54.3 Å². The van der Waals surface area contributed by atoms with Gasteiger partial charge < -0.3 is 19.1 Å². The third-order valence-corrected chi connectivity index (χ3v) is 9.52. The molecule has 2 saturated heterocycles. The molecule has 1 aromatic rings. The molecule has 1 saturated carbocycles. The molecule has 6 heteroatoms. The second kappa shape index (κ2) is 8.10. The van der Waals surface area contributed by atoms with E-state index in [2.05, 4.69) is 69.5 Å². The van der Waals surface area contributed by atoms with Crippen molar-refractivity contribution in [2.24, 2.45) is 0 Å². The fourth-order valence-corrected chi connectivity index (χ4v) is 6.38. The molecular formula is C27H41BN2O3. The van der Waals surface area contributed by atoms with E-state index in [1.807, 2.05) is 0 Å². The summed E-state index contributed by atoms with van der Waals surface area (Å²) < 4.78 is 12.7. The van der Waals surface area contributed by atoms with Crippen LogP contribution >= 0.6 is 0 Å². The van der Waals surface area contributed by atoms with Gasteiger partial charge in [0.05, 0.1) is 16.6 Å². The predicted octanol–water partition coefficient (Wildman–Crippen LogP) is 4.41. The molecule has 0 spiro atoms. The Bertz CT molecular complexity index is 898. The van der Waals surface area contributed by atoms with E-state index in [1.54, 1.807) is 0 Å². The number of amides is 1. The SMILES string of the molecule is CCC1(CC)C(=O)N([C@H]2C[C@@H](N3CCCCC3)C2)c2cc(B3OC(C)(C)C(C)(C)O3)ccc21. The van der Waals surface area contributed by atoms with Crippen molar-refractivity contribution >= 4 is 24.2 Å². The zero-order chi connectivity index (χ0) is 23.6. The third kappa shape index (κ3) is 3.51. The van der Waals surface area contributed by atoms with Gasteiger partial charge in [0, 0.05) is 17.8 Å². The van der Waals surface area contributed by atoms with E-state index in [4.69, 9.17) is 9.31 Å². The van der Waals surface area contributed by atoms with Crippen molar-refractivity contribution in [3.05, 3.63) is 23.8 Å². The van der Waals surface area contributed by atoms with E-state index >= 15 is 0 Å². The van der Waals surface area contributed by atoms with Crippen molar-refractivity contribution in [1.82, 2.24) is 4.90 Å². The zero-order valence-electron chi connectivity index (χ0n) is 21.4. The summed E-state index contributed by atoms with van der Waals surface area (Å²) in [6.07, 6.45) is 7.86. The first-order valence-electron chi connectivity index (χ1n) is 13.2. The number of carbonyl (C=O) groups is 1. The maximum atomic E-state index is 14.0. The van der Waals surface area contributed by atoms with Crippen LogP contribution in [0, 0.1) is 0 Å². The highest BCUT2D eigenvalue weighted by atomic mass is 16.7. The minimum absolute atomic E-state index is 0.302. The normalized spacial score (nSPS) is 30.4. The average Bonchev–Trinajstić information content (AvgIpc) is 3.13. The van der Waals surface area contributed by atoms with E-state index in [0.717, 1.165) is 36.8 Å². The first-order chi connectivity index (χ1) is 15.6. The fraction of sp³-hybridized carbons (Fsp3) is 0.741. The molecule has 4 aliphatic rings. The van der Waals surface area contributed by atoms with Crippen LogP contribution in [0.4, 0.5) is 5.69 Å². The summed E-state index contributed by atoms with van der Waals surface area (Å²) >= 11 is 0. The van der Waals surface area contributed by atoms with Gasteiger partial charge in [-0.25, -0.2) is 0 Å². The number of carbonyl (C=O) groups excluding carboxylic acids is 1. The summed E-state index contributed by atoms with van der Waals surface area (Å²) in [7, 11) is -0.405. The second-order valence-electron chi connectivity index (χ2n) is 11.7. The lowest BCUT2D eigenvalue weighted by Gasteiger charge is -2.48. The highest BCUT2D eigenvalue weighted by Gasteiger charge is 2.55. The lowest BCUT2D eigenvalue weighted by Crippen LogP contribution is -2.57. The van der Waals surface area contributed by atoms with Crippen LogP contribution in [0.5, 0.6) is 0 Å². The third-order valence-electron chi connectivity index (χ3n) is 9.52. The first-order valence-corrected chi connectivity index (χ1v) is 13.2. The second-order valence-corrected chi connectivity index (χ2v) is 11.7. The maximum Gasteiger partial charge on any atom is 0.494 e. The number of benzene rings is 1. The van der Waals surface area contributed by atoms with E-state index in [9.17, 15) is 4.79 Å². The lowest BCUT2D eigenvalue weighted by molar-refractivity contribution is -0.124. The molecule has 0 atom stereocenters. The molecule has 1 aliphatic carbocycles. The largest absolute Gasteiger partial charge is 0.494 e. The minimum Gasteiger partial charge on any atom is -0.399 e. The molecule has 3 heterocycles. The van der Waals surface area contributed by atoms with Crippen molar-refractivity contribution in [1.29, 1.82) is 0 Å². The predicted molar refractivity (Wildman–Crippen MR) is 134 cm³/mol. The Kier molecular flexibility index (Phi) is 5.74. The number of nitrogens with zero attached hydrogens (tertiary/aromatic N) is 2. The summed E-state index contributed by atoms with van der Waals surface area (Å²) in [6.45, 7) is 15.1. The van der Waals surface area contributed by atoms with Gasteiger partial charge in [-0.15, -0.1) is 0 Å². The van der Waals surface area contributed by atoms with Crippen LogP contribution in [0.3, 0.4) is 0 Å². The summed E-state index contributed by atoms with van der Waals surface area (Å²) in [5, 5.41) is 0. The molecule has 1 aromatic carbocycles. The molecule has 180 valence electrons. The maximum absolute atomic E-state index is 14.0. The molecule has 5 nitrogen and oxygen atoms in total. The Hall–Kier alpha value is -1.37. The zero-order valence-corrected chi connectivity index (χ0v) is 21.4. The number of rotatable bonds is 5. The van der Waals surface area contributed by atoms with Crippen LogP contribution in [0.15, 0.2) is 18.2 Å². The summed E-state index contributed by atoms with van der Waals surface area (Å²) in [6, 6.07) is 7.43. The van der Waals surface area contributed by atoms with Gasteiger partial charge in [-0.2, -0.15) is 0 Å². The Morgan fingerprint density at radius 3 is 2.12 bits per heavy atom. The number of anilines is 1. The smallest absolute Gasteiger partial charge is 0.399 e. The highest BCUT2D eigenvalue weighted by molar-refractivity contribution is 6.62. The van der Waals surface area contributed by atoms with E-state index in [0.29, 0.717) is 18.0 Å². The quantitative estimate of drug-likeness (QED) is 0.621. The minimum atomic E-state index is -0.405. The van der Waals surface area contributed by atoms with Gasteiger partial charge >= 0.3 is 7.12 Å². The average molecular weight is 452 g/mol. The number of fused-ring (bicyclic) bond motifs is 1. The standard InChI is InChI=1S/C27H41BN2O3/c1-7-27(8-2)22-13-12-19(28-32-25(3,4)26(5,6)33-28)16-23(22)30(24(27)31)21-17-20(18-21)29-14-10-9-11-15-29/h12-13,16,20-21H,7-11,14-15,17-18H2,1-6H3/t20-,21+. The Labute approximate surface area is 200 Å². The fourth-order valence-electron chi connectivity index (χ4n) is 6.38. The van der Waals surface area contributed by atoms with E-state index in [-0.39, 0.29) is 11.2 Å². The molecule has 5 rings (SSSR count). The molecule has 0 aromatic heterocycles. The number of piperidine rings is 1. The van der Waals surface area contributed by atoms with Gasteiger partial charge in [-0.1, -0.05) is 32.4 Å². The lowest BCUT2D eigenvalue weighted by atomic mass is 9.74. The number of likely N-dealkylation sites (tertiary alicyclic amines) is 1. The summed E-state index contributed by atoms with van der Waals surface area (Å²) in [5.41, 5.74) is 2.15. The highest BCUT2D eigenvalue weighted by Crippen LogP contribution is 2.49. The van der Waals surface area contributed by atoms with Crippen molar-refractivity contribution in [3.8, 4) is 0 Å². The van der Waals surface area contributed by atoms with Gasteiger partial charge in [0.25, 0.3) is 0 Å². The molecule has 3 aliphatic heterocycles. The Morgan fingerprint density at radius 2 is 1.55 bits per heavy atom. The van der Waals surface area contributed by atoms with Crippen LogP contribution in [-0.2, 0) is 19.5 Å². The topological polar surface area (TPSA) is 42.0 Å². The molecule has 0 unspecified atom stereocenters. The van der Waals surface area contributed by atoms with Crippen molar-refractivity contribution in [2.45, 2.75) is 115 Å². The molecule has 1 amide bonds. The van der Waals surface area contributed by atoms with Gasteiger partial charge in [0.1, 0.15) is 0 Å². The molecule has 33 heavy (non-hydrogen) atoms. The first kappa shape index (κ1) is 23.4. The van der Waals surface area contributed by atoms with Crippen LogP contribution in [0.1, 0.15) is 92.1 Å². The molecule has 0 radical (unpaired) electrons. The van der Waals surface area contributed by atoms with Crippen molar-refractivity contribution in [2.75, 3.05) is 18.0 Å². The van der Waals surface area contributed by atoms with Crippen LogP contribution < -0.4 is 10.4 Å². The molecular weight excluding hydrogens is 411 g/mol. The molecule has 3 fully saturated rings. The Morgan fingerprint density at radius 1 is 0.939 bits per heavy atom. The van der Waals surface area contributed by atoms with E-state index in [1.165, 1.54) is 37.9 Å². The van der Waals surface area contributed by atoms with Crippen LogP contribution in [0.2, 0.25) is 0 Å². The van der Waals surface area contributed by atoms with Gasteiger partial charge in [0.2, 0.25) is 5.91 Å². The monoisotopic (exact) mass is 452 g/mol. The summed E-state index contributed by atoms with van der Waals surface area (Å²) in [4.78, 5) is 18.8. The van der Waals surface area contributed by atoms with Gasteiger partial charge in [-0.3, -0.25) is 4.79 Å². The van der Waals surface area contributed by atoms with E-state index < -0.39 is 12.5 Å².